The first-order chi connectivity index (χ1) is 7.23. The Morgan fingerprint density at radius 3 is 2.80 bits per heavy atom. The minimum atomic E-state index is 0.305. The summed E-state index contributed by atoms with van der Waals surface area (Å²) >= 11 is 3.53. The molecule has 1 aromatic rings. The van der Waals surface area contributed by atoms with Crippen LogP contribution in [0, 0.1) is 0 Å². The lowest BCUT2D eigenvalue weighted by Gasteiger charge is -2.36. The molecular weight excluding hydrogens is 256 g/mol. The lowest BCUT2D eigenvalue weighted by molar-refractivity contribution is 0.123. The Labute approximate surface area is 97.7 Å². The third kappa shape index (κ3) is 1.33. The molecule has 2 heterocycles. The van der Waals surface area contributed by atoms with Crippen LogP contribution in [0.25, 0.3) is 0 Å². The smallest absolute Gasteiger partial charge is 0.133 e. The quantitative estimate of drug-likeness (QED) is 0.821. The normalized spacial score (nSPS) is 32.5. The van der Waals surface area contributed by atoms with Gasteiger partial charge in [0.15, 0.2) is 0 Å². The van der Waals surface area contributed by atoms with Gasteiger partial charge < -0.3 is 9.47 Å². The number of methoxy groups -OCH3 is 1. The highest BCUT2D eigenvalue weighted by Crippen LogP contribution is 2.52. The maximum atomic E-state index is 5.63. The van der Waals surface area contributed by atoms with Gasteiger partial charge in [-0.2, -0.15) is 0 Å². The highest BCUT2D eigenvalue weighted by molar-refractivity contribution is 9.10. The van der Waals surface area contributed by atoms with Crippen molar-refractivity contribution in [1.29, 1.82) is 0 Å². The second-order valence-electron chi connectivity index (χ2n) is 4.47. The number of fused-ring (bicyclic) bond motifs is 1. The highest BCUT2D eigenvalue weighted by Gasteiger charge is 2.52. The number of benzene rings is 1. The summed E-state index contributed by atoms with van der Waals surface area (Å²) in [4.78, 5) is 0. The Morgan fingerprint density at radius 1 is 1.47 bits per heavy atom. The maximum absolute atomic E-state index is 5.63. The topological polar surface area (TPSA) is 18.5 Å². The Morgan fingerprint density at radius 2 is 2.27 bits per heavy atom. The fourth-order valence-electron chi connectivity index (χ4n) is 2.64. The van der Waals surface area contributed by atoms with E-state index in [1.807, 2.05) is 6.07 Å². The third-order valence-electron chi connectivity index (χ3n) is 3.60. The molecular formula is C12H13BrO2. The van der Waals surface area contributed by atoms with Gasteiger partial charge >= 0.3 is 0 Å². The lowest BCUT2D eigenvalue weighted by atomic mass is 9.66. The number of halogens is 1. The number of hydrogen-bond donors (Lipinski definition) is 0. The zero-order chi connectivity index (χ0) is 10.5. The van der Waals surface area contributed by atoms with Crippen LogP contribution in [0.5, 0.6) is 5.75 Å². The Bertz CT molecular complexity index is 391. The second kappa shape index (κ2) is 3.22. The van der Waals surface area contributed by atoms with Crippen molar-refractivity contribution < 1.29 is 9.47 Å². The van der Waals surface area contributed by atoms with Gasteiger partial charge in [0.05, 0.1) is 24.3 Å². The van der Waals surface area contributed by atoms with E-state index in [4.69, 9.17) is 9.47 Å². The van der Waals surface area contributed by atoms with Gasteiger partial charge in [-0.25, -0.2) is 0 Å². The summed E-state index contributed by atoms with van der Waals surface area (Å²) in [6.07, 6.45) is 2.89. The van der Waals surface area contributed by atoms with Gasteiger partial charge in [-0.1, -0.05) is 6.07 Å². The molecule has 0 spiro atoms. The van der Waals surface area contributed by atoms with Gasteiger partial charge in [-0.05, 0) is 46.5 Å². The van der Waals surface area contributed by atoms with E-state index >= 15 is 0 Å². The van der Waals surface area contributed by atoms with E-state index in [0.717, 1.165) is 16.8 Å². The van der Waals surface area contributed by atoms with Gasteiger partial charge in [-0.15, -0.1) is 0 Å². The van der Waals surface area contributed by atoms with Crippen molar-refractivity contribution in [3.63, 3.8) is 0 Å². The van der Waals surface area contributed by atoms with Crippen molar-refractivity contribution in [2.24, 2.45) is 0 Å². The van der Waals surface area contributed by atoms with Crippen LogP contribution in [0.15, 0.2) is 22.7 Å². The summed E-state index contributed by atoms with van der Waals surface area (Å²) in [5.74, 6) is 0.893. The van der Waals surface area contributed by atoms with Gasteiger partial charge in [0.2, 0.25) is 0 Å². The van der Waals surface area contributed by atoms with E-state index < -0.39 is 0 Å². The summed E-state index contributed by atoms with van der Waals surface area (Å²) in [6, 6.07) is 6.36. The molecule has 2 nitrogen and oxygen atoms in total. The largest absolute Gasteiger partial charge is 0.496 e. The van der Waals surface area contributed by atoms with Gasteiger partial charge in [-0.3, -0.25) is 0 Å². The van der Waals surface area contributed by atoms with Crippen LogP contribution in [0.4, 0.5) is 0 Å². The molecule has 0 radical (unpaired) electrons. The standard InChI is InChI=1S/C12H13BrO2/c1-14-11-3-2-8(4-10(11)13)12-5-9(6-12)15-7-12/h2-4,9H,5-7H2,1H3. The molecule has 15 heavy (non-hydrogen) atoms. The molecule has 0 atom stereocenters. The maximum Gasteiger partial charge on any atom is 0.133 e. The fourth-order valence-corrected chi connectivity index (χ4v) is 3.18. The van der Waals surface area contributed by atoms with Crippen molar-refractivity contribution in [2.45, 2.75) is 24.4 Å². The molecule has 3 heteroatoms. The molecule has 4 rings (SSSR count). The number of hydrogen-bond acceptors (Lipinski definition) is 2. The average Bonchev–Trinajstić information content (AvgIpc) is 2.76. The molecule has 2 aliphatic heterocycles. The summed E-state index contributed by atoms with van der Waals surface area (Å²) in [5, 5.41) is 0. The Balaban J connectivity index is 1.96. The molecule has 1 saturated carbocycles. The van der Waals surface area contributed by atoms with Crippen molar-refractivity contribution in [2.75, 3.05) is 13.7 Å². The van der Waals surface area contributed by atoms with Crippen LogP contribution >= 0.6 is 15.9 Å². The molecule has 0 amide bonds. The monoisotopic (exact) mass is 268 g/mol. The Kier molecular flexibility index (Phi) is 2.08. The SMILES string of the molecule is COc1ccc(C23COC(C2)C3)cc1Br. The zero-order valence-corrected chi connectivity index (χ0v) is 10.2. The van der Waals surface area contributed by atoms with E-state index in [9.17, 15) is 0 Å². The first-order valence-electron chi connectivity index (χ1n) is 5.19. The molecule has 0 unspecified atom stereocenters. The molecule has 0 N–H and O–H groups in total. The molecule has 0 aromatic heterocycles. The van der Waals surface area contributed by atoms with Crippen LogP contribution in [0.1, 0.15) is 18.4 Å². The predicted molar refractivity (Wildman–Crippen MR) is 61.3 cm³/mol. The molecule has 1 aromatic carbocycles. The summed E-state index contributed by atoms with van der Waals surface area (Å²) in [5.41, 5.74) is 1.68. The minimum absolute atomic E-state index is 0.305. The summed E-state index contributed by atoms with van der Waals surface area (Å²) in [7, 11) is 1.69. The van der Waals surface area contributed by atoms with Gasteiger partial charge in [0.1, 0.15) is 5.75 Å². The number of ether oxygens (including phenoxy) is 2. The molecule has 2 bridgehead atoms. The van der Waals surface area contributed by atoms with Crippen LogP contribution < -0.4 is 4.74 Å². The van der Waals surface area contributed by atoms with Crippen LogP contribution in [0.3, 0.4) is 0 Å². The first kappa shape index (κ1) is 9.67. The average molecular weight is 269 g/mol. The Hall–Kier alpha value is -0.540. The fraction of sp³-hybridized carbons (Fsp3) is 0.500. The van der Waals surface area contributed by atoms with Gasteiger partial charge in [0.25, 0.3) is 0 Å². The van der Waals surface area contributed by atoms with E-state index in [1.165, 1.54) is 18.4 Å². The van der Waals surface area contributed by atoms with E-state index in [0.29, 0.717) is 11.5 Å². The van der Waals surface area contributed by atoms with E-state index in [2.05, 4.69) is 28.1 Å². The number of rotatable bonds is 2. The van der Waals surface area contributed by atoms with Crippen LogP contribution in [-0.2, 0) is 10.2 Å². The van der Waals surface area contributed by atoms with Gasteiger partial charge in [0, 0.05) is 5.41 Å². The summed E-state index contributed by atoms with van der Waals surface area (Å²) < 4.78 is 11.9. The van der Waals surface area contributed by atoms with Crippen LogP contribution in [0.2, 0.25) is 0 Å². The molecule has 2 saturated heterocycles. The van der Waals surface area contributed by atoms with Crippen LogP contribution in [-0.4, -0.2) is 19.8 Å². The van der Waals surface area contributed by atoms with Crippen molar-refractivity contribution in [3.8, 4) is 5.75 Å². The van der Waals surface area contributed by atoms with Crippen molar-refractivity contribution in [3.05, 3.63) is 28.2 Å². The zero-order valence-electron chi connectivity index (χ0n) is 8.63. The van der Waals surface area contributed by atoms with E-state index in [-0.39, 0.29) is 0 Å². The molecule has 3 fully saturated rings. The minimum Gasteiger partial charge on any atom is -0.496 e. The highest BCUT2D eigenvalue weighted by atomic mass is 79.9. The third-order valence-corrected chi connectivity index (χ3v) is 4.22. The summed E-state index contributed by atoms with van der Waals surface area (Å²) in [6.45, 7) is 0.885. The lowest BCUT2D eigenvalue weighted by Crippen LogP contribution is -2.36. The first-order valence-corrected chi connectivity index (χ1v) is 5.98. The molecule has 3 aliphatic rings. The molecule has 80 valence electrons. The van der Waals surface area contributed by atoms with E-state index in [1.54, 1.807) is 7.11 Å². The molecule has 1 aliphatic carbocycles. The second-order valence-corrected chi connectivity index (χ2v) is 5.33. The predicted octanol–water partition coefficient (Wildman–Crippen LogP) is 2.89. The van der Waals surface area contributed by atoms with Crippen molar-refractivity contribution in [1.82, 2.24) is 0 Å². The van der Waals surface area contributed by atoms with Crippen molar-refractivity contribution >= 4 is 15.9 Å².